The minimum atomic E-state index is -0.262. The fourth-order valence-corrected chi connectivity index (χ4v) is 3.68. The van der Waals surface area contributed by atoms with Gasteiger partial charge >= 0.3 is 0 Å². The zero-order chi connectivity index (χ0) is 20.3. The summed E-state index contributed by atoms with van der Waals surface area (Å²) in [6, 6.07) is 8.63. The van der Waals surface area contributed by atoms with Crippen LogP contribution in [0.4, 0.5) is 4.39 Å². The number of hydrogen-bond donors (Lipinski definition) is 1. The Morgan fingerprint density at radius 3 is 2.21 bits per heavy atom. The molecule has 5 heteroatoms. The van der Waals surface area contributed by atoms with Crippen LogP contribution in [0, 0.1) is 5.82 Å². The van der Waals surface area contributed by atoms with Gasteiger partial charge in [0.05, 0.1) is 21.3 Å². The number of aliphatic hydroxyl groups excluding tert-OH is 1. The van der Waals surface area contributed by atoms with E-state index in [9.17, 15) is 9.50 Å². The van der Waals surface area contributed by atoms with Crippen molar-refractivity contribution in [1.82, 2.24) is 0 Å². The van der Waals surface area contributed by atoms with E-state index in [0.29, 0.717) is 30.1 Å². The first-order valence-corrected chi connectivity index (χ1v) is 9.17. The van der Waals surface area contributed by atoms with E-state index in [-0.39, 0.29) is 12.4 Å². The molecule has 0 radical (unpaired) electrons. The average Bonchev–Trinajstić information content (AvgIpc) is 2.95. The quantitative estimate of drug-likeness (QED) is 0.734. The number of benzene rings is 2. The Morgan fingerprint density at radius 1 is 0.964 bits per heavy atom. The number of methoxy groups -OCH3 is 3. The van der Waals surface area contributed by atoms with Crippen LogP contribution in [0.15, 0.2) is 35.9 Å². The van der Waals surface area contributed by atoms with Crippen molar-refractivity contribution in [2.75, 3.05) is 27.9 Å². The molecule has 1 N–H and O–H groups in total. The summed E-state index contributed by atoms with van der Waals surface area (Å²) >= 11 is 0. The maximum atomic E-state index is 13.9. The third kappa shape index (κ3) is 3.62. The maximum absolute atomic E-state index is 13.9. The van der Waals surface area contributed by atoms with E-state index in [1.54, 1.807) is 27.4 Å². The van der Waals surface area contributed by atoms with Crippen LogP contribution < -0.4 is 14.2 Å². The highest BCUT2D eigenvalue weighted by molar-refractivity contribution is 6.05. The Morgan fingerprint density at radius 2 is 1.64 bits per heavy atom. The third-order valence-corrected chi connectivity index (χ3v) is 5.04. The molecule has 0 amide bonds. The van der Waals surface area contributed by atoms with Crippen LogP contribution in [-0.4, -0.2) is 33.0 Å². The SMILES string of the molecule is COc1cc(/C=C2/C(C)=C(CCCO)c3cc(F)ccc32)cc(OC)c1OC. The monoisotopic (exact) mass is 384 g/mol. The van der Waals surface area contributed by atoms with Gasteiger partial charge < -0.3 is 19.3 Å². The summed E-state index contributed by atoms with van der Waals surface area (Å²) in [5, 5.41) is 9.23. The van der Waals surface area contributed by atoms with Gasteiger partial charge in [0, 0.05) is 6.61 Å². The third-order valence-electron chi connectivity index (χ3n) is 5.04. The molecule has 0 aromatic heterocycles. The highest BCUT2D eigenvalue weighted by Gasteiger charge is 2.24. The van der Waals surface area contributed by atoms with Crippen molar-refractivity contribution in [3.8, 4) is 17.2 Å². The number of rotatable bonds is 7. The van der Waals surface area contributed by atoms with E-state index in [4.69, 9.17) is 14.2 Å². The summed E-state index contributed by atoms with van der Waals surface area (Å²) in [7, 11) is 4.74. The topological polar surface area (TPSA) is 47.9 Å². The lowest BCUT2D eigenvalue weighted by atomic mass is 10.00. The van der Waals surface area contributed by atoms with E-state index in [1.165, 1.54) is 6.07 Å². The standard InChI is InChI=1S/C23H25FO4/c1-14-17(6-5-9-25)20-13-16(24)7-8-18(20)19(14)10-15-11-21(26-2)23(28-4)22(12-15)27-3/h7-8,10-13,25H,5-6,9H2,1-4H3/b19-10-. The first-order chi connectivity index (χ1) is 13.5. The molecule has 0 unspecified atom stereocenters. The second kappa shape index (κ2) is 8.48. The zero-order valence-corrected chi connectivity index (χ0v) is 16.6. The van der Waals surface area contributed by atoms with Gasteiger partial charge in [-0.15, -0.1) is 0 Å². The van der Waals surface area contributed by atoms with E-state index < -0.39 is 0 Å². The Hall–Kier alpha value is -2.79. The predicted octanol–water partition coefficient (Wildman–Crippen LogP) is 4.95. The van der Waals surface area contributed by atoms with Crippen LogP contribution in [0.25, 0.3) is 17.2 Å². The van der Waals surface area contributed by atoms with Gasteiger partial charge in [-0.25, -0.2) is 4.39 Å². The predicted molar refractivity (Wildman–Crippen MR) is 109 cm³/mol. The molecule has 0 saturated carbocycles. The number of halogens is 1. The minimum absolute atomic E-state index is 0.105. The highest BCUT2D eigenvalue weighted by Crippen LogP contribution is 2.45. The van der Waals surface area contributed by atoms with Crippen LogP contribution in [0.3, 0.4) is 0 Å². The van der Waals surface area contributed by atoms with E-state index in [2.05, 4.69) is 0 Å². The molecule has 0 heterocycles. The summed E-state index contributed by atoms with van der Waals surface area (Å²) in [5.41, 5.74) is 5.95. The lowest BCUT2D eigenvalue weighted by Crippen LogP contribution is -1.95. The van der Waals surface area contributed by atoms with Crippen molar-refractivity contribution in [3.63, 3.8) is 0 Å². The number of ether oxygens (including phenoxy) is 3. The molecule has 0 aliphatic heterocycles. The second-order valence-corrected chi connectivity index (χ2v) is 6.64. The van der Waals surface area contributed by atoms with Crippen molar-refractivity contribution in [2.45, 2.75) is 19.8 Å². The Bertz CT molecular complexity index is 919. The lowest BCUT2D eigenvalue weighted by molar-refractivity contribution is 0.290. The molecule has 3 rings (SSSR count). The molecule has 0 atom stereocenters. The molecule has 28 heavy (non-hydrogen) atoms. The fraction of sp³-hybridized carbons (Fsp3) is 0.304. The van der Waals surface area contributed by atoms with Gasteiger partial charge in [0.25, 0.3) is 0 Å². The minimum Gasteiger partial charge on any atom is -0.493 e. The van der Waals surface area contributed by atoms with Crippen LogP contribution in [0.5, 0.6) is 17.2 Å². The molecule has 2 aromatic rings. The molecule has 1 aliphatic carbocycles. The summed E-state index contributed by atoms with van der Waals surface area (Å²) in [6.07, 6.45) is 3.38. The first-order valence-electron chi connectivity index (χ1n) is 9.17. The van der Waals surface area contributed by atoms with Gasteiger partial charge in [0.15, 0.2) is 11.5 Å². The van der Waals surface area contributed by atoms with Crippen LogP contribution in [-0.2, 0) is 0 Å². The van der Waals surface area contributed by atoms with E-state index in [1.807, 2.05) is 31.2 Å². The van der Waals surface area contributed by atoms with Crippen molar-refractivity contribution in [3.05, 3.63) is 58.4 Å². The molecular formula is C23H25FO4. The Kier molecular flexibility index (Phi) is 6.05. The number of hydrogen-bond acceptors (Lipinski definition) is 4. The molecule has 0 bridgehead atoms. The molecule has 0 fully saturated rings. The van der Waals surface area contributed by atoms with Gasteiger partial charge in [0.1, 0.15) is 5.82 Å². The number of fused-ring (bicyclic) bond motifs is 1. The number of aliphatic hydroxyl groups is 1. The maximum Gasteiger partial charge on any atom is 0.203 e. The van der Waals surface area contributed by atoms with Crippen molar-refractivity contribution in [2.24, 2.45) is 0 Å². The van der Waals surface area contributed by atoms with Gasteiger partial charge in [0.2, 0.25) is 5.75 Å². The van der Waals surface area contributed by atoms with Gasteiger partial charge in [-0.05, 0) is 83.5 Å². The summed E-state index contributed by atoms with van der Waals surface area (Å²) in [5.74, 6) is 1.43. The fourth-order valence-electron chi connectivity index (χ4n) is 3.68. The first kappa shape index (κ1) is 20.0. The van der Waals surface area contributed by atoms with Crippen molar-refractivity contribution in [1.29, 1.82) is 0 Å². The normalized spacial score (nSPS) is 14.4. The zero-order valence-electron chi connectivity index (χ0n) is 16.6. The number of allylic oxidation sites excluding steroid dienone is 3. The van der Waals surface area contributed by atoms with Crippen molar-refractivity contribution >= 4 is 17.2 Å². The molecule has 2 aromatic carbocycles. The lowest BCUT2D eigenvalue weighted by Gasteiger charge is -2.13. The van der Waals surface area contributed by atoms with Crippen LogP contribution in [0.2, 0.25) is 0 Å². The average molecular weight is 384 g/mol. The van der Waals surface area contributed by atoms with Gasteiger partial charge in [-0.3, -0.25) is 0 Å². The largest absolute Gasteiger partial charge is 0.493 e. The second-order valence-electron chi connectivity index (χ2n) is 6.64. The van der Waals surface area contributed by atoms with Crippen LogP contribution >= 0.6 is 0 Å². The molecular weight excluding hydrogens is 359 g/mol. The molecule has 4 nitrogen and oxygen atoms in total. The summed E-state index contributed by atoms with van der Waals surface area (Å²) in [6.45, 7) is 2.14. The smallest absolute Gasteiger partial charge is 0.203 e. The Labute approximate surface area is 164 Å². The highest BCUT2D eigenvalue weighted by atomic mass is 19.1. The van der Waals surface area contributed by atoms with Crippen LogP contribution in [0.1, 0.15) is 36.5 Å². The molecule has 148 valence electrons. The summed E-state index contributed by atoms with van der Waals surface area (Å²) in [4.78, 5) is 0. The van der Waals surface area contributed by atoms with Gasteiger partial charge in [-0.2, -0.15) is 0 Å². The van der Waals surface area contributed by atoms with E-state index in [0.717, 1.165) is 33.4 Å². The molecule has 0 spiro atoms. The Balaban J connectivity index is 2.15. The van der Waals surface area contributed by atoms with Gasteiger partial charge in [-0.1, -0.05) is 6.07 Å². The van der Waals surface area contributed by atoms with E-state index >= 15 is 0 Å². The molecule has 0 saturated heterocycles. The summed E-state index contributed by atoms with van der Waals surface area (Å²) < 4.78 is 30.2. The van der Waals surface area contributed by atoms with Crippen molar-refractivity contribution < 1.29 is 23.7 Å². The molecule has 1 aliphatic rings.